The summed E-state index contributed by atoms with van der Waals surface area (Å²) < 4.78 is 19.8. The third-order valence-corrected chi connectivity index (χ3v) is 2.89. The van der Waals surface area contributed by atoms with Gasteiger partial charge in [-0.15, -0.1) is 0 Å². The number of benzene rings is 2. The molecule has 2 aromatic carbocycles. The summed E-state index contributed by atoms with van der Waals surface area (Å²) >= 11 is 0. The Kier molecular flexibility index (Phi) is 2.59. The van der Waals surface area contributed by atoms with Crippen LogP contribution in [0.4, 0.5) is 10.1 Å². The van der Waals surface area contributed by atoms with E-state index < -0.39 is 11.6 Å². The van der Waals surface area contributed by atoms with Crippen molar-refractivity contribution in [2.45, 2.75) is 6.54 Å². The molecule has 0 radical (unpaired) electrons. The van der Waals surface area contributed by atoms with Crippen LogP contribution in [0.2, 0.25) is 0 Å². The summed E-state index contributed by atoms with van der Waals surface area (Å²) in [4.78, 5) is 11.8. The molecule has 0 aliphatic heterocycles. The lowest BCUT2D eigenvalue weighted by atomic mass is 10.2. The van der Waals surface area contributed by atoms with Gasteiger partial charge in [-0.05, 0) is 35.9 Å². The van der Waals surface area contributed by atoms with Crippen LogP contribution in [0.3, 0.4) is 0 Å². The molecule has 2 N–H and O–H groups in total. The van der Waals surface area contributed by atoms with Crippen molar-refractivity contribution in [3.63, 3.8) is 0 Å². The Labute approximate surface area is 107 Å². The molecule has 0 aliphatic carbocycles. The fraction of sp³-hybridized carbons (Fsp3) is 0.0714. The minimum absolute atomic E-state index is 0.220. The minimum Gasteiger partial charge on any atom is -0.408 e. The molecule has 19 heavy (non-hydrogen) atoms. The second-order valence-corrected chi connectivity index (χ2v) is 4.31. The molecule has 0 bridgehead atoms. The predicted octanol–water partition coefficient (Wildman–Crippen LogP) is 2.36. The standard InChI is InChI=1S/C14H11FN2O2/c15-10-5-9(6-11(16)7-10)8-17-12-3-1-2-4-13(12)19-14(17)18/h1-7H,8,16H2. The molecular weight excluding hydrogens is 247 g/mol. The Balaban J connectivity index is 2.10. The number of nitrogen functional groups attached to an aromatic ring is 1. The summed E-state index contributed by atoms with van der Waals surface area (Å²) in [5.41, 5.74) is 7.72. The number of oxazole rings is 1. The number of para-hydroxylation sites is 2. The fourth-order valence-electron chi connectivity index (χ4n) is 2.11. The first-order valence-corrected chi connectivity index (χ1v) is 5.77. The Morgan fingerprint density at radius 3 is 2.79 bits per heavy atom. The van der Waals surface area contributed by atoms with Crippen molar-refractivity contribution in [2.24, 2.45) is 0 Å². The van der Waals surface area contributed by atoms with E-state index >= 15 is 0 Å². The third kappa shape index (κ3) is 2.10. The average molecular weight is 258 g/mol. The van der Waals surface area contributed by atoms with Gasteiger partial charge in [-0.3, -0.25) is 4.57 Å². The van der Waals surface area contributed by atoms with Crippen LogP contribution in [-0.2, 0) is 6.54 Å². The quantitative estimate of drug-likeness (QED) is 0.718. The molecule has 0 saturated carbocycles. The molecule has 0 amide bonds. The molecule has 0 unspecified atom stereocenters. The maximum atomic E-state index is 13.3. The molecule has 3 aromatic rings. The zero-order chi connectivity index (χ0) is 13.4. The molecule has 0 aliphatic rings. The van der Waals surface area contributed by atoms with E-state index in [-0.39, 0.29) is 6.54 Å². The Bertz CT molecular complexity index is 784. The number of hydrogen-bond donors (Lipinski definition) is 1. The van der Waals surface area contributed by atoms with Gasteiger partial charge in [0.15, 0.2) is 5.58 Å². The topological polar surface area (TPSA) is 61.2 Å². The van der Waals surface area contributed by atoms with Crippen LogP contribution in [0.5, 0.6) is 0 Å². The molecule has 0 saturated heterocycles. The van der Waals surface area contributed by atoms with Crippen molar-refractivity contribution < 1.29 is 8.81 Å². The molecular formula is C14H11FN2O2. The van der Waals surface area contributed by atoms with Crippen molar-refractivity contribution in [2.75, 3.05) is 5.73 Å². The summed E-state index contributed by atoms with van der Waals surface area (Å²) in [6, 6.07) is 11.3. The van der Waals surface area contributed by atoms with E-state index in [0.717, 1.165) is 0 Å². The molecule has 5 heteroatoms. The van der Waals surface area contributed by atoms with E-state index in [1.807, 2.05) is 6.07 Å². The normalized spacial score (nSPS) is 11.0. The highest BCUT2D eigenvalue weighted by Gasteiger charge is 2.09. The molecule has 0 spiro atoms. The van der Waals surface area contributed by atoms with Crippen molar-refractivity contribution in [1.82, 2.24) is 4.57 Å². The summed E-state index contributed by atoms with van der Waals surface area (Å²) in [7, 11) is 0. The van der Waals surface area contributed by atoms with Gasteiger partial charge in [0.05, 0.1) is 12.1 Å². The lowest BCUT2D eigenvalue weighted by Gasteiger charge is -2.04. The first-order chi connectivity index (χ1) is 9.13. The van der Waals surface area contributed by atoms with Crippen molar-refractivity contribution >= 4 is 16.8 Å². The first kappa shape index (κ1) is 11.5. The number of nitrogens with zero attached hydrogens (tertiary/aromatic N) is 1. The lowest BCUT2D eigenvalue weighted by molar-refractivity contribution is 0.517. The van der Waals surface area contributed by atoms with Gasteiger partial charge >= 0.3 is 5.76 Å². The number of anilines is 1. The van der Waals surface area contributed by atoms with E-state index in [9.17, 15) is 9.18 Å². The summed E-state index contributed by atoms with van der Waals surface area (Å²) in [6.45, 7) is 0.220. The average Bonchev–Trinajstić information content (AvgIpc) is 2.65. The number of aromatic nitrogens is 1. The Hall–Kier alpha value is -2.56. The van der Waals surface area contributed by atoms with E-state index in [2.05, 4.69) is 0 Å². The van der Waals surface area contributed by atoms with E-state index in [1.54, 1.807) is 24.3 Å². The van der Waals surface area contributed by atoms with Crippen molar-refractivity contribution in [3.05, 3.63) is 64.4 Å². The molecule has 0 fully saturated rings. The zero-order valence-electron chi connectivity index (χ0n) is 9.97. The van der Waals surface area contributed by atoms with Gasteiger partial charge in [-0.2, -0.15) is 0 Å². The van der Waals surface area contributed by atoms with Crippen LogP contribution in [0.15, 0.2) is 51.7 Å². The van der Waals surface area contributed by atoms with Gasteiger partial charge in [0.2, 0.25) is 0 Å². The van der Waals surface area contributed by atoms with Gasteiger partial charge < -0.3 is 10.2 Å². The predicted molar refractivity (Wildman–Crippen MR) is 70.4 cm³/mol. The van der Waals surface area contributed by atoms with Crippen molar-refractivity contribution in [3.8, 4) is 0 Å². The zero-order valence-corrected chi connectivity index (χ0v) is 9.97. The largest absolute Gasteiger partial charge is 0.420 e. The monoisotopic (exact) mass is 258 g/mol. The Morgan fingerprint density at radius 2 is 2.00 bits per heavy atom. The number of nitrogens with two attached hydrogens (primary N) is 1. The van der Waals surface area contributed by atoms with E-state index in [0.29, 0.717) is 22.4 Å². The highest BCUT2D eigenvalue weighted by atomic mass is 19.1. The molecule has 1 aromatic heterocycles. The van der Waals surface area contributed by atoms with Gasteiger partial charge in [-0.1, -0.05) is 12.1 Å². The van der Waals surface area contributed by atoms with Gasteiger partial charge in [0.25, 0.3) is 0 Å². The summed E-state index contributed by atoms with van der Waals surface area (Å²) in [5.74, 6) is -0.889. The van der Waals surface area contributed by atoms with Crippen LogP contribution >= 0.6 is 0 Å². The smallest absolute Gasteiger partial charge is 0.408 e. The maximum absolute atomic E-state index is 13.3. The molecule has 96 valence electrons. The van der Waals surface area contributed by atoms with E-state index in [1.165, 1.54) is 16.7 Å². The van der Waals surface area contributed by atoms with Gasteiger partial charge in [0, 0.05) is 5.69 Å². The SMILES string of the molecule is Nc1cc(F)cc(Cn2c(=O)oc3ccccc32)c1. The van der Waals surface area contributed by atoms with Crippen LogP contribution in [-0.4, -0.2) is 4.57 Å². The highest BCUT2D eigenvalue weighted by Crippen LogP contribution is 2.16. The summed E-state index contributed by atoms with van der Waals surface area (Å²) in [6.07, 6.45) is 0. The van der Waals surface area contributed by atoms with Crippen LogP contribution in [0.1, 0.15) is 5.56 Å². The highest BCUT2D eigenvalue weighted by molar-refractivity contribution is 5.72. The molecule has 1 heterocycles. The second kappa shape index (κ2) is 4.28. The fourth-order valence-corrected chi connectivity index (χ4v) is 2.11. The minimum atomic E-state index is -0.468. The second-order valence-electron chi connectivity index (χ2n) is 4.31. The molecule has 4 nitrogen and oxygen atoms in total. The lowest BCUT2D eigenvalue weighted by Crippen LogP contribution is -2.15. The number of fused-ring (bicyclic) bond motifs is 1. The summed E-state index contributed by atoms with van der Waals surface area (Å²) in [5, 5.41) is 0. The van der Waals surface area contributed by atoms with Gasteiger partial charge in [0.1, 0.15) is 5.82 Å². The van der Waals surface area contributed by atoms with Crippen LogP contribution < -0.4 is 11.5 Å². The number of rotatable bonds is 2. The third-order valence-electron chi connectivity index (χ3n) is 2.89. The van der Waals surface area contributed by atoms with Crippen molar-refractivity contribution in [1.29, 1.82) is 0 Å². The Morgan fingerprint density at radius 1 is 1.21 bits per heavy atom. The number of halogens is 1. The molecule has 0 atom stereocenters. The van der Waals surface area contributed by atoms with Crippen LogP contribution in [0.25, 0.3) is 11.1 Å². The molecule has 3 rings (SSSR count). The first-order valence-electron chi connectivity index (χ1n) is 5.77. The van der Waals surface area contributed by atoms with Gasteiger partial charge in [-0.25, -0.2) is 9.18 Å². The van der Waals surface area contributed by atoms with Crippen LogP contribution in [0, 0.1) is 5.82 Å². The van der Waals surface area contributed by atoms with E-state index in [4.69, 9.17) is 10.2 Å². The maximum Gasteiger partial charge on any atom is 0.420 e. The number of hydrogen-bond acceptors (Lipinski definition) is 3.